The second kappa shape index (κ2) is 5.22. The van der Waals surface area contributed by atoms with Crippen molar-refractivity contribution < 1.29 is 24.1 Å². The maximum atomic E-state index is 11.9. The van der Waals surface area contributed by atoms with Gasteiger partial charge < -0.3 is 29.8 Å². The number of aliphatic hydroxyl groups is 1. The molecular formula is C13H17N5O6. The minimum atomic E-state index is -0.971. The van der Waals surface area contributed by atoms with Crippen LogP contribution in [0, 0.1) is 0 Å². The largest absolute Gasteiger partial charge is 0.394 e. The van der Waals surface area contributed by atoms with Crippen LogP contribution in [0.3, 0.4) is 0 Å². The van der Waals surface area contributed by atoms with E-state index >= 15 is 0 Å². The van der Waals surface area contributed by atoms with Gasteiger partial charge in [-0.3, -0.25) is 14.3 Å². The Labute approximate surface area is 135 Å². The van der Waals surface area contributed by atoms with Crippen LogP contribution < -0.4 is 11.3 Å². The number of aromatic amines is 1. The predicted molar refractivity (Wildman–Crippen MR) is 78.7 cm³/mol. The predicted octanol–water partition coefficient (Wildman–Crippen LogP) is -1.30. The Morgan fingerprint density at radius 3 is 3.04 bits per heavy atom. The molecule has 0 aromatic carbocycles. The molecule has 4 rings (SSSR count). The molecule has 0 aliphatic carbocycles. The molecule has 130 valence electrons. The zero-order valence-electron chi connectivity index (χ0n) is 13.0. The van der Waals surface area contributed by atoms with Crippen LogP contribution in [0.1, 0.15) is 13.2 Å². The first-order valence-electron chi connectivity index (χ1n) is 7.32. The first-order valence-corrected chi connectivity index (χ1v) is 7.32. The van der Waals surface area contributed by atoms with Crippen LogP contribution in [0.4, 0.5) is 5.95 Å². The molecule has 0 radical (unpaired) electrons. The van der Waals surface area contributed by atoms with Crippen molar-refractivity contribution in [2.75, 3.05) is 19.5 Å². The number of H-pyrrole nitrogens is 1. The second-order valence-corrected chi connectivity index (χ2v) is 5.87. The van der Waals surface area contributed by atoms with Crippen molar-refractivity contribution in [1.82, 2.24) is 19.5 Å². The highest BCUT2D eigenvalue weighted by atomic mass is 16.9. The van der Waals surface area contributed by atoms with Gasteiger partial charge in [-0.25, -0.2) is 4.98 Å². The van der Waals surface area contributed by atoms with E-state index in [2.05, 4.69) is 15.0 Å². The lowest BCUT2D eigenvalue weighted by Gasteiger charge is -2.28. The number of aromatic nitrogens is 4. The average Bonchev–Trinajstić information content (AvgIpc) is 3.17. The number of methoxy groups -OCH3 is 1. The molecule has 2 aliphatic rings. The average molecular weight is 339 g/mol. The van der Waals surface area contributed by atoms with E-state index in [1.807, 2.05) is 0 Å². The van der Waals surface area contributed by atoms with Gasteiger partial charge in [-0.05, 0) is 6.92 Å². The van der Waals surface area contributed by atoms with E-state index in [-0.39, 0.29) is 23.7 Å². The molecular weight excluding hydrogens is 322 g/mol. The fraction of sp³-hybridized carbons (Fsp3) is 0.615. The summed E-state index contributed by atoms with van der Waals surface area (Å²) in [5.41, 5.74) is 4.58. The Hall–Kier alpha value is -2.05. The minimum Gasteiger partial charge on any atom is -0.394 e. The van der Waals surface area contributed by atoms with E-state index in [0.717, 1.165) is 0 Å². The van der Waals surface area contributed by atoms with Crippen molar-refractivity contribution in [2.24, 2.45) is 0 Å². The summed E-state index contributed by atoms with van der Waals surface area (Å²) in [6.45, 7) is 0.635. The minimum absolute atomic E-state index is 0.0361. The molecule has 1 unspecified atom stereocenters. The number of nitrogens with zero attached hydrogens (tertiary/aromatic N) is 3. The Morgan fingerprint density at radius 2 is 2.33 bits per heavy atom. The fourth-order valence-electron chi connectivity index (χ4n) is 3.28. The number of nitrogens with two attached hydrogens (primary N) is 1. The lowest BCUT2D eigenvalue weighted by Crippen LogP contribution is -2.42. The summed E-state index contributed by atoms with van der Waals surface area (Å²) in [5.74, 6) is -0.0361. The van der Waals surface area contributed by atoms with Crippen LogP contribution >= 0.6 is 0 Å². The summed E-state index contributed by atoms with van der Waals surface area (Å²) >= 11 is 0. The van der Waals surface area contributed by atoms with Gasteiger partial charge in [0.05, 0.1) is 12.9 Å². The normalized spacial score (nSPS) is 35.6. The van der Waals surface area contributed by atoms with Crippen LogP contribution in [0.25, 0.3) is 11.2 Å². The molecule has 2 aliphatic heterocycles. The monoisotopic (exact) mass is 339 g/mol. The molecule has 4 heterocycles. The topological polar surface area (TPSA) is 147 Å². The van der Waals surface area contributed by atoms with Crippen LogP contribution in [0.15, 0.2) is 11.1 Å². The standard InChI is InChI=1S/C13H17N5O6/c1-13-7(23-12(21-2)24-13)5(3-19)22-10(13)18-4-15-6-8(18)16-11(14)17-9(6)20/h4-5,7,10,12,19H,3H2,1-2H3,(H3,14,16,17,20)/t5-,7-,10-,12?,13-/m1/s1. The number of ether oxygens (including phenoxy) is 4. The lowest BCUT2D eigenvalue weighted by atomic mass is 9.96. The summed E-state index contributed by atoms with van der Waals surface area (Å²) in [5, 5.41) is 9.59. The van der Waals surface area contributed by atoms with Crippen LogP contribution in [0.5, 0.6) is 0 Å². The summed E-state index contributed by atoms with van der Waals surface area (Å²) in [6, 6.07) is 0. The van der Waals surface area contributed by atoms with Gasteiger partial charge in [-0.15, -0.1) is 0 Å². The fourth-order valence-corrected chi connectivity index (χ4v) is 3.28. The van der Waals surface area contributed by atoms with Gasteiger partial charge in [0.15, 0.2) is 17.4 Å². The Morgan fingerprint density at radius 1 is 1.54 bits per heavy atom. The Kier molecular flexibility index (Phi) is 3.37. The van der Waals surface area contributed by atoms with E-state index in [1.54, 1.807) is 11.5 Å². The number of imidazole rings is 1. The Bertz CT molecular complexity index is 836. The molecule has 0 amide bonds. The van der Waals surface area contributed by atoms with Crippen molar-refractivity contribution in [3.8, 4) is 0 Å². The molecule has 11 heteroatoms. The van der Waals surface area contributed by atoms with Crippen LogP contribution in [-0.2, 0) is 18.9 Å². The number of hydrogen-bond donors (Lipinski definition) is 3. The first-order chi connectivity index (χ1) is 11.5. The molecule has 24 heavy (non-hydrogen) atoms. The van der Waals surface area contributed by atoms with E-state index in [1.165, 1.54) is 13.4 Å². The van der Waals surface area contributed by atoms with Gasteiger partial charge >= 0.3 is 0 Å². The number of hydrogen-bond acceptors (Lipinski definition) is 9. The summed E-state index contributed by atoms with van der Waals surface area (Å²) in [6.07, 6.45) is -0.507. The van der Waals surface area contributed by atoms with Gasteiger partial charge in [0.1, 0.15) is 17.8 Å². The van der Waals surface area contributed by atoms with Crippen molar-refractivity contribution in [3.05, 3.63) is 16.7 Å². The molecule has 2 fully saturated rings. The van der Waals surface area contributed by atoms with Gasteiger partial charge in [0, 0.05) is 7.11 Å². The molecule has 4 N–H and O–H groups in total. The van der Waals surface area contributed by atoms with Gasteiger partial charge in [0.25, 0.3) is 12.0 Å². The molecule has 0 saturated carbocycles. The maximum Gasteiger partial charge on any atom is 0.280 e. The molecule has 0 bridgehead atoms. The number of nitrogen functional groups attached to an aromatic ring is 1. The number of anilines is 1. The van der Waals surface area contributed by atoms with Gasteiger partial charge in [-0.2, -0.15) is 4.98 Å². The molecule has 2 saturated heterocycles. The van der Waals surface area contributed by atoms with Gasteiger partial charge in [-0.1, -0.05) is 0 Å². The third-order valence-electron chi connectivity index (χ3n) is 4.38. The molecule has 2 aromatic rings. The SMILES string of the molecule is COC1O[C@@H]2[C@@H](CO)O[C@@H](n3cnc4c(=O)[nH]c(N)nc43)[C@]2(C)O1. The highest BCUT2D eigenvalue weighted by molar-refractivity contribution is 5.70. The first kappa shape index (κ1) is 15.5. The quantitative estimate of drug-likeness (QED) is 0.620. The van der Waals surface area contributed by atoms with E-state index in [0.29, 0.717) is 0 Å². The summed E-state index contributed by atoms with van der Waals surface area (Å²) in [4.78, 5) is 22.5. The highest BCUT2D eigenvalue weighted by Crippen LogP contribution is 2.48. The summed E-state index contributed by atoms with van der Waals surface area (Å²) in [7, 11) is 1.45. The second-order valence-electron chi connectivity index (χ2n) is 5.87. The van der Waals surface area contributed by atoms with Crippen molar-refractivity contribution >= 4 is 17.1 Å². The third kappa shape index (κ3) is 1.99. The van der Waals surface area contributed by atoms with E-state index < -0.39 is 36.1 Å². The van der Waals surface area contributed by atoms with Crippen LogP contribution in [-0.4, -0.2) is 62.6 Å². The molecule has 0 spiro atoms. The van der Waals surface area contributed by atoms with Gasteiger partial charge in [0.2, 0.25) is 5.95 Å². The number of nitrogens with one attached hydrogen (secondary N) is 1. The summed E-state index contributed by atoms with van der Waals surface area (Å²) < 4.78 is 24.0. The maximum absolute atomic E-state index is 11.9. The van der Waals surface area contributed by atoms with Crippen LogP contribution in [0.2, 0.25) is 0 Å². The number of aliphatic hydroxyl groups excluding tert-OH is 1. The molecule has 5 atom stereocenters. The highest BCUT2D eigenvalue weighted by Gasteiger charge is 2.62. The van der Waals surface area contributed by atoms with Crippen molar-refractivity contribution in [1.29, 1.82) is 0 Å². The molecule has 2 aromatic heterocycles. The molecule has 11 nitrogen and oxygen atoms in total. The van der Waals surface area contributed by atoms with Crippen molar-refractivity contribution in [2.45, 2.75) is 37.4 Å². The third-order valence-corrected chi connectivity index (χ3v) is 4.38. The number of rotatable bonds is 3. The number of fused-ring (bicyclic) bond motifs is 2. The van der Waals surface area contributed by atoms with E-state index in [9.17, 15) is 9.90 Å². The lowest BCUT2D eigenvalue weighted by molar-refractivity contribution is -0.269. The Balaban J connectivity index is 1.83. The van der Waals surface area contributed by atoms with Crippen molar-refractivity contribution in [3.63, 3.8) is 0 Å². The van der Waals surface area contributed by atoms with E-state index in [4.69, 9.17) is 24.7 Å². The zero-order valence-corrected chi connectivity index (χ0v) is 13.0. The smallest absolute Gasteiger partial charge is 0.280 e. The zero-order chi connectivity index (χ0) is 17.1.